The van der Waals surface area contributed by atoms with Crippen molar-refractivity contribution in [1.82, 2.24) is 0 Å². The van der Waals surface area contributed by atoms with Crippen LogP contribution in [0.15, 0.2) is 64.6 Å². The van der Waals surface area contributed by atoms with Crippen LogP contribution in [0.3, 0.4) is 0 Å². The smallest absolute Gasteiger partial charge is 0.220 e. The van der Waals surface area contributed by atoms with E-state index in [4.69, 9.17) is 11.5 Å². The van der Waals surface area contributed by atoms with Crippen LogP contribution in [0.25, 0.3) is 0 Å². The molecule has 118 valence electrons. The fourth-order valence-electron chi connectivity index (χ4n) is 2.89. The first-order valence-electron chi connectivity index (χ1n) is 7.58. The summed E-state index contributed by atoms with van der Waals surface area (Å²) in [5.41, 5.74) is 14.7. The molecule has 0 spiro atoms. The number of rotatable bonds is 3. The lowest BCUT2D eigenvalue weighted by Crippen LogP contribution is -2.54. The quantitative estimate of drug-likeness (QED) is 0.914. The van der Waals surface area contributed by atoms with Crippen molar-refractivity contribution in [3.63, 3.8) is 0 Å². The highest BCUT2D eigenvalue weighted by atomic mass is 15.4. The number of guanidine groups is 2. The third kappa shape index (κ3) is 3.18. The monoisotopic (exact) mass is 307 g/mol. The third-order valence-corrected chi connectivity index (χ3v) is 3.81. The molecule has 1 aliphatic rings. The van der Waals surface area contributed by atoms with Gasteiger partial charge < -0.3 is 11.5 Å². The number of anilines is 1. The van der Waals surface area contributed by atoms with Gasteiger partial charge in [-0.3, -0.25) is 4.90 Å². The van der Waals surface area contributed by atoms with E-state index in [2.05, 4.69) is 46.4 Å². The fourth-order valence-corrected chi connectivity index (χ4v) is 2.89. The van der Waals surface area contributed by atoms with Gasteiger partial charge in [0.2, 0.25) is 11.9 Å². The van der Waals surface area contributed by atoms with Gasteiger partial charge in [0, 0.05) is 5.69 Å². The van der Waals surface area contributed by atoms with Crippen LogP contribution in [0.2, 0.25) is 0 Å². The molecule has 1 heterocycles. The Hall–Kier alpha value is -2.82. The molecule has 2 aromatic rings. The highest BCUT2D eigenvalue weighted by Crippen LogP contribution is 2.28. The number of hydrogen-bond donors (Lipinski definition) is 2. The van der Waals surface area contributed by atoms with Gasteiger partial charge in [0.05, 0.1) is 0 Å². The summed E-state index contributed by atoms with van der Waals surface area (Å²) in [7, 11) is 0. The lowest BCUT2D eigenvalue weighted by molar-refractivity contribution is 0.534. The topological polar surface area (TPSA) is 80.0 Å². The normalized spacial score (nSPS) is 16.7. The predicted octanol–water partition coefficient (Wildman–Crippen LogP) is 2.46. The van der Waals surface area contributed by atoms with E-state index in [0.29, 0.717) is 5.96 Å². The molecule has 0 saturated heterocycles. The van der Waals surface area contributed by atoms with Crippen LogP contribution in [0, 0.1) is 0 Å². The van der Waals surface area contributed by atoms with E-state index in [9.17, 15) is 0 Å². The van der Waals surface area contributed by atoms with E-state index in [0.717, 1.165) is 12.1 Å². The third-order valence-electron chi connectivity index (χ3n) is 3.81. The standard InChI is InChI=1S/C18H21N5/c1-18(2)22-16(19)21-17(20)23(18)15-10-6-9-14(12-15)11-13-7-4-3-5-8-13/h3-10,12H,11H2,1-2H3,(H4,19,20,21,22). The average molecular weight is 307 g/mol. The van der Waals surface area contributed by atoms with Crippen molar-refractivity contribution in [2.75, 3.05) is 4.90 Å². The molecule has 5 heteroatoms. The Morgan fingerprint density at radius 2 is 1.65 bits per heavy atom. The van der Waals surface area contributed by atoms with Crippen LogP contribution in [0.4, 0.5) is 5.69 Å². The van der Waals surface area contributed by atoms with Gasteiger partial charge in [-0.1, -0.05) is 42.5 Å². The van der Waals surface area contributed by atoms with Gasteiger partial charge in [0.15, 0.2) is 0 Å². The van der Waals surface area contributed by atoms with E-state index < -0.39 is 5.66 Å². The average Bonchev–Trinajstić information content (AvgIpc) is 2.46. The first-order valence-corrected chi connectivity index (χ1v) is 7.58. The molecule has 4 N–H and O–H groups in total. The summed E-state index contributed by atoms with van der Waals surface area (Å²) >= 11 is 0. The Labute approximate surface area is 136 Å². The van der Waals surface area contributed by atoms with Crippen molar-refractivity contribution in [3.8, 4) is 0 Å². The summed E-state index contributed by atoms with van der Waals surface area (Å²) < 4.78 is 0. The molecule has 2 aromatic carbocycles. The maximum absolute atomic E-state index is 6.09. The Kier molecular flexibility index (Phi) is 3.78. The van der Waals surface area contributed by atoms with Gasteiger partial charge >= 0.3 is 0 Å². The van der Waals surface area contributed by atoms with Gasteiger partial charge in [0.1, 0.15) is 5.66 Å². The zero-order valence-corrected chi connectivity index (χ0v) is 13.4. The van der Waals surface area contributed by atoms with Crippen LogP contribution in [0.5, 0.6) is 0 Å². The van der Waals surface area contributed by atoms with Crippen LogP contribution >= 0.6 is 0 Å². The predicted molar refractivity (Wildman–Crippen MR) is 95.5 cm³/mol. The SMILES string of the molecule is CC1(C)N=C(N)N=C(N)N1c1cccc(Cc2ccccc2)c1. The largest absolute Gasteiger partial charge is 0.369 e. The minimum atomic E-state index is -0.568. The summed E-state index contributed by atoms with van der Waals surface area (Å²) in [6.07, 6.45) is 0.866. The maximum Gasteiger partial charge on any atom is 0.220 e. The number of hydrogen-bond acceptors (Lipinski definition) is 5. The first kappa shape index (κ1) is 15.1. The number of aliphatic imine (C=N–C) groups is 2. The van der Waals surface area contributed by atoms with Crippen LogP contribution in [-0.4, -0.2) is 17.6 Å². The zero-order valence-electron chi connectivity index (χ0n) is 13.4. The van der Waals surface area contributed by atoms with Gasteiger partial charge in [-0.05, 0) is 43.5 Å². The summed E-state index contributed by atoms with van der Waals surface area (Å²) in [5.74, 6) is 0.573. The molecule has 0 aromatic heterocycles. The van der Waals surface area contributed by atoms with Crippen LogP contribution < -0.4 is 16.4 Å². The molecule has 0 unspecified atom stereocenters. The van der Waals surface area contributed by atoms with Gasteiger partial charge in [-0.15, -0.1) is 0 Å². The van der Waals surface area contributed by atoms with Crippen molar-refractivity contribution in [2.24, 2.45) is 21.5 Å². The maximum atomic E-state index is 6.09. The number of nitrogens with two attached hydrogens (primary N) is 2. The molecular weight excluding hydrogens is 286 g/mol. The Balaban J connectivity index is 1.92. The molecule has 0 fully saturated rings. The highest BCUT2D eigenvalue weighted by Gasteiger charge is 2.32. The summed E-state index contributed by atoms with van der Waals surface area (Å²) in [5, 5.41) is 0. The van der Waals surface area contributed by atoms with Gasteiger partial charge in [-0.25, -0.2) is 4.99 Å². The molecular formula is C18H21N5. The van der Waals surface area contributed by atoms with Crippen molar-refractivity contribution in [2.45, 2.75) is 25.9 Å². The van der Waals surface area contributed by atoms with E-state index in [1.54, 1.807) is 0 Å². The lowest BCUT2D eigenvalue weighted by atomic mass is 10.0. The Morgan fingerprint density at radius 1 is 0.957 bits per heavy atom. The number of benzene rings is 2. The second-order valence-electron chi connectivity index (χ2n) is 6.10. The van der Waals surface area contributed by atoms with Crippen molar-refractivity contribution >= 4 is 17.6 Å². The zero-order chi connectivity index (χ0) is 16.4. The lowest BCUT2D eigenvalue weighted by Gasteiger charge is -2.38. The number of nitrogens with zero attached hydrogens (tertiary/aromatic N) is 3. The van der Waals surface area contributed by atoms with Crippen molar-refractivity contribution in [1.29, 1.82) is 0 Å². The van der Waals surface area contributed by atoms with E-state index >= 15 is 0 Å². The summed E-state index contributed by atoms with van der Waals surface area (Å²) in [4.78, 5) is 10.4. The van der Waals surface area contributed by atoms with E-state index in [1.807, 2.05) is 36.9 Å². The van der Waals surface area contributed by atoms with Gasteiger partial charge in [-0.2, -0.15) is 4.99 Å². The Bertz CT molecular complexity index is 762. The molecule has 3 rings (SSSR count). The van der Waals surface area contributed by atoms with E-state index in [1.165, 1.54) is 11.1 Å². The Morgan fingerprint density at radius 3 is 2.35 bits per heavy atom. The molecule has 0 aliphatic carbocycles. The first-order chi connectivity index (χ1) is 11.0. The molecule has 0 saturated carbocycles. The molecule has 0 bridgehead atoms. The summed E-state index contributed by atoms with van der Waals surface area (Å²) in [6.45, 7) is 3.93. The van der Waals surface area contributed by atoms with Crippen molar-refractivity contribution < 1.29 is 0 Å². The molecule has 1 aliphatic heterocycles. The molecule has 0 atom stereocenters. The molecule has 23 heavy (non-hydrogen) atoms. The molecule has 0 amide bonds. The molecule has 0 radical (unpaired) electrons. The second-order valence-corrected chi connectivity index (χ2v) is 6.10. The summed E-state index contributed by atoms with van der Waals surface area (Å²) in [6, 6.07) is 18.6. The minimum Gasteiger partial charge on any atom is -0.369 e. The fraction of sp³-hybridized carbons (Fsp3) is 0.222. The van der Waals surface area contributed by atoms with Crippen molar-refractivity contribution in [3.05, 3.63) is 65.7 Å². The van der Waals surface area contributed by atoms with Crippen LogP contribution in [0.1, 0.15) is 25.0 Å². The molecule has 5 nitrogen and oxygen atoms in total. The van der Waals surface area contributed by atoms with E-state index in [-0.39, 0.29) is 5.96 Å². The van der Waals surface area contributed by atoms with Crippen LogP contribution in [-0.2, 0) is 6.42 Å². The van der Waals surface area contributed by atoms with Gasteiger partial charge in [0.25, 0.3) is 0 Å². The second kappa shape index (κ2) is 5.76. The highest BCUT2D eigenvalue weighted by molar-refractivity contribution is 6.05. The minimum absolute atomic E-state index is 0.212.